The van der Waals surface area contributed by atoms with Gasteiger partial charge in [0.2, 0.25) is 0 Å². The lowest BCUT2D eigenvalue weighted by Gasteiger charge is -2.25. The van der Waals surface area contributed by atoms with Crippen molar-refractivity contribution >= 4 is 9.84 Å². The lowest BCUT2D eigenvalue weighted by molar-refractivity contribution is 0.183. The summed E-state index contributed by atoms with van der Waals surface area (Å²) in [7, 11) is -3.01. The van der Waals surface area contributed by atoms with Gasteiger partial charge in [-0.1, -0.05) is 0 Å². The molecule has 3 nitrogen and oxygen atoms in total. The van der Waals surface area contributed by atoms with Crippen LogP contribution in [0.3, 0.4) is 0 Å². The minimum Gasteiger partial charge on any atom is -0.317 e. The smallest absolute Gasteiger partial charge is 0.147 e. The number of hydrogen-bond acceptors (Lipinski definition) is 3. The first kappa shape index (κ1) is 11.9. The van der Waals surface area contributed by atoms with E-state index in [1.807, 2.05) is 0 Å². The summed E-state index contributed by atoms with van der Waals surface area (Å²) in [4.78, 5) is 0. The van der Waals surface area contributed by atoms with Crippen molar-refractivity contribution in [1.82, 2.24) is 5.32 Å². The van der Waals surface area contributed by atoms with Crippen molar-refractivity contribution < 1.29 is 12.8 Å². The molecule has 0 bridgehead atoms. The Labute approximate surface area is 85.0 Å². The number of hydrogen-bond donors (Lipinski definition) is 1. The van der Waals surface area contributed by atoms with E-state index >= 15 is 0 Å². The van der Waals surface area contributed by atoms with E-state index < -0.39 is 16.0 Å². The Morgan fingerprint density at radius 2 is 2.00 bits per heavy atom. The highest BCUT2D eigenvalue weighted by Crippen LogP contribution is 2.21. The van der Waals surface area contributed by atoms with Gasteiger partial charge in [0.15, 0.2) is 0 Å². The molecular formula is C9H18FNO2S. The molecule has 1 N–H and O–H groups in total. The van der Waals surface area contributed by atoms with Gasteiger partial charge in [-0.2, -0.15) is 0 Å². The van der Waals surface area contributed by atoms with Gasteiger partial charge in [-0.25, -0.2) is 12.8 Å². The highest BCUT2D eigenvalue weighted by Gasteiger charge is 2.23. The zero-order valence-electron chi connectivity index (χ0n) is 8.50. The average Bonchev–Trinajstić information content (AvgIpc) is 2.14. The molecular weight excluding hydrogens is 205 g/mol. The summed E-state index contributed by atoms with van der Waals surface area (Å²) in [5.41, 5.74) is 0. The average molecular weight is 223 g/mol. The van der Waals surface area contributed by atoms with E-state index in [1.165, 1.54) is 0 Å². The molecule has 0 spiro atoms. The number of nitrogens with one attached hydrogen (secondary N) is 1. The van der Waals surface area contributed by atoms with Crippen molar-refractivity contribution in [3.8, 4) is 0 Å². The minimum absolute atomic E-state index is 0.0297. The molecule has 0 aromatic carbocycles. The van der Waals surface area contributed by atoms with Crippen LogP contribution in [0.15, 0.2) is 0 Å². The molecule has 1 saturated heterocycles. The Hall–Kier alpha value is -0.160. The minimum atomic E-state index is -3.01. The Bertz CT molecular complexity index is 260. The van der Waals surface area contributed by atoms with Gasteiger partial charge in [0.25, 0.3) is 0 Å². The van der Waals surface area contributed by atoms with E-state index in [0.29, 0.717) is 0 Å². The monoisotopic (exact) mass is 223 g/mol. The molecule has 0 aliphatic carbocycles. The first-order valence-electron chi connectivity index (χ1n) is 5.01. The zero-order chi connectivity index (χ0) is 10.6. The zero-order valence-corrected chi connectivity index (χ0v) is 9.32. The summed E-state index contributed by atoms with van der Waals surface area (Å²) >= 11 is 0. The van der Waals surface area contributed by atoms with Crippen LogP contribution in [-0.2, 0) is 9.84 Å². The van der Waals surface area contributed by atoms with Gasteiger partial charge in [-0.05, 0) is 38.3 Å². The quantitative estimate of drug-likeness (QED) is 0.765. The van der Waals surface area contributed by atoms with Crippen LogP contribution in [-0.4, -0.2) is 39.7 Å². The van der Waals surface area contributed by atoms with E-state index in [4.69, 9.17) is 0 Å². The molecule has 0 radical (unpaired) electrons. The van der Waals surface area contributed by atoms with E-state index in [-0.39, 0.29) is 18.1 Å². The van der Waals surface area contributed by atoms with E-state index in [1.54, 1.807) is 0 Å². The molecule has 1 heterocycles. The molecule has 14 heavy (non-hydrogen) atoms. The predicted molar refractivity (Wildman–Crippen MR) is 54.8 cm³/mol. The molecule has 1 atom stereocenters. The third kappa shape index (κ3) is 4.37. The number of piperidine rings is 1. The maximum absolute atomic E-state index is 13.5. The molecule has 1 aliphatic rings. The molecule has 1 unspecified atom stereocenters. The molecule has 1 rings (SSSR count). The van der Waals surface area contributed by atoms with Crippen LogP contribution in [0.25, 0.3) is 0 Å². The van der Waals surface area contributed by atoms with E-state index in [2.05, 4.69) is 5.32 Å². The molecule has 1 aliphatic heterocycles. The topological polar surface area (TPSA) is 46.2 Å². The standard InChI is InChI=1S/C9H18FNO2S/c1-14(12,13)7-4-9(10)8-2-5-11-6-3-8/h8-9,11H,2-7H2,1H3. The van der Waals surface area contributed by atoms with Crippen LogP contribution in [0.1, 0.15) is 19.3 Å². The second-order valence-corrected chi connectivity index (χ2v) is 6.28. The van der Waals surface area contributed by atoms with Gasteiger partial charge >= 0.3 is 0 Å². The number of rotatable bonds is 4. The van der Waals surface area contributed by atoms with Gasteiger partial charge < -0.3 is 5.32 Å². The molecule has 84 valence electrons. The van der Waals surface area contributed by atoms with Crippen LogP contribution in [0.4, 0.5) is 4.39 Å². The van der Waals surface area contributed by atoms with Gasteiger partial charge in [0, 0.05) is 6.26 Å². The van der Waals surface area contributed by atoms with E-state index in [0.717, 1.165) is 32.2 Å². The van der Waals surface area contributed by atoms with Crippen molar-refractivity contribution in [3.63, 3.8) is 0 Å². The summed E-state index contributed by atoms with van der Waals surface area (Å²) < 4.78 is 35.2. The summed E-state index contributed by atoms with van der Waals surface area (Å²) in [5, 5.41) is 3.16. The fourth-order valence-corrected chi connectivity index (χ4v) is 2.42. The molecule has 0 saturated carbocycles. The second-order valence-electron chi connectivity index (χ2n) is 4.02. The van der Waals surface area contributed by atoms with Crippen LogP contribution in [0.2, 0.25) is 0 Å². The second kappa shape index (κ2) is 5.07. The van der Waals surface area contributed by atoms with Crippen molar-refractivity contribution in [3.05, 3.63) is 0 Å². The molecule has 5 heteroatoms. The van der Waals surface area contributed by atoms with Gasteiger partial charge in [-0.3, -0.25) is 0 Å². The Balaban J connectivity index is 2.30. The predicted octanol–water partition coefficient (Wildman–Crippen LogP) is 0.759. The summed E-state index contributed by atoms with van der Waals surface area (Å²) in [6.45, 7) is 1.70. The van der Waals surface area contributed by atoms with Crippen molar-refractivity contribution in [2.24, 2.45) is 5.92 Å². The van der Waals surface area contributed by atoms with Gasteiger partial charge in [0.1, 0.15) is 16.0 Å². The SMILES string of the molecule is CS(=O)(=O)CCC(F)C1CCNCC1. The van der Waals surface area contributed by atoms with Crippen molar-refractivity contribution in [2.75, 3.05) is 25.1 Å². The lowest BCUT2D eigenvalue weighted by Crippen LogP contribution is -2.33. The Morgan fingerprint density at radius 1 is 1.43 bits per heavy atom. The van der Waals surface area contributed by atoms with Crippen LogP contribution >= 0.6 is 0 Å². The fraction of sp³-hybridized carbons (Fsp3) is 1.00. The first-order valence-corrected chi connectivity index (χ1v) is 7.07. The van der Waals surface area contributed by atoms with Crippen LogP contribution in [0, 0.1) is 5.92 Å². The first-order chi connectivity index (χ1) is 6.49. The normalized spacial score (nSPS) is 22.1. The highest BCUT2D eigenvalue weighted by atomic mass is 32.2. The maximum atomic E-state index is 13.5. The van der Waals surface area contributed by atoms with E-state index in [9.17, 15) is 12.8 Å². The van der Waals surface area contributed by atoms with Crippen LogP contribution in [0.5, 0.6) is 0 Å². The molecule has 1 fully saturated rings. The Kier molecular flexibility index (Phi) is 4.31. The lowest BCUT2D eigenvalue weighted by atomic mass is 9.92. The summed E-state index contributed by atoms with van der Waals surface area (Å²) in [6.07, 6.45) is 2.01. The Morgan fingerprint density at radius 3 is 2.50 bits per heavy atom. The summed E-state index contributed by atoms with van der Waals surface area (Å²) in [5.74, 6) is 0.0240. The molecule has 0 aromatic heterocycles. The van der Waals surface area contributed by atoms with Crippen molar-refractivity contribution in [2.45, 2.75) is 25.4 Å². The number of alkyl halides is 1. The molecule has 0 amide bonds. The molecule has 0 aromatic rings. The third-order valence-corrected chi connectivity index (χ3v) is 3.64. The largest absolute Gasteiger partial charge is 0.317 e. The van der Waals surface area contributed by atoms with Gasteiger partial charge in [0.05, 0.1) is 5.75 Å². The maximum Gasteiger partial charge on any atom is 0.147 e. The third-order valence-electron chi connectivity index (χ3n) is 2.66. The summed E-state index contributed by atoms with van der Waals surface area (Å²) in [6, 6.07) is 0. The van der Waals surface area contributed by atoms with Gasteiger partial charge in [-0.15, -0.1) is 0 Å². The number of sulfone groups is 1. The highest BCUT2D eigenvalue weighted by molar-refractivity contribution is 7.90. The van der Waals surface area contributed by atoms with Crippen molar-refractivity contribution in [1.29, 1.82) is 0 Å². The fourth-order valence-electron chi connectivity index (χ4n) is 1.77. The number of halogens is 1. The van der Waals surface area contributed by atoms with Crippen LogP contribution < -0.4 is 5.32 Å².